The first-order chi connectivity index (χ1) is 25.7. The average Bonchev–Trinajstić information content (AvgIpc) is 3.14. The Morgan fingerprint density at radius 1 is 0.585 bits per heavy atom. The predicted octanol–water partition coefficient (Wildman–Crippen LogP) is 10.3. The zero-order valence-corrected chi connectivity index (χ0v) is 33.9. The molecule has 0 aliphatic rings. The van der Waals surface area contributed by atoms with E-state index in [-0.39, 0.29) is 19.4 Å². The van der Waals surface area contributed by atoms with Gasteiger partial charge < -0.3 is 24.6 Å². The molecule has 0 aromatic heterocycles. The molecule has 0 saturated carbocycles. The molecule has 0 aromatic rings. The van der Waals surface area contributed by atoms with Gasteiger partial charge in [-0.1, -0.05) is 145 Å². The molecular weight excluding hydrogens is 695 g/mol. The Balaban J connectivity index is 4.40. The number of rotatable bonds is 37. The van der Waals surface area contributed by atoms with E-state index < -0.39 is 51.8 Å². The lowest BCUT2D eigenvalue weighted by molar-refractivity contribution is -0.161. The van der Waals surface area contributed by atoms with Crippen molar-refractivity contribution in [3.05, 3.63) is 60.8 Å². The van der Waals surface area contributed by atoms with Crippen molar-refractivity contribution >= 4 is 19.8 Å². The third kappa shape index (κ3) is 37.8. The number of carbonyl (C=O) groups excluding carboxylic acids is 2. The summed E-state index contributed by atoms with van der Waals surface area (Å²) >= 11 is 0. The monoisotopic (exact) mass is 768 g/mol. The van der Waals surface area contributed by atoms with Gasteiger partial charge in [-0.05, 0) is 57.8 Å². The van der Waals surface area contributed by atoms with Crippen molar-refractivity contribution in [2.45, 2.75) is 167 Å². The number of unbranched alkanes of at least 4 members (excludes halogenated alkanes) is 16. The summed E-state index contributed by atoms with van der Waals surface area (Å²) in [6, 6.07) is 0. The largest absolute Gasteiger partial charge is 0.472 e. The third-order valence-electron chi connectivity index (χ3n) is 8.25. The maximum absolute atomic E-state index is 12.6. The molecule has 10 nitrogen and oxygen atoms in total. The number of aliphatic hydroxyl groups is 2. The van der Waals surface area contributed by atoms with E-state index in [0.717, 1.165) is 77.0 Å². The van der Waals surface area contributed by atoms with Gasteiger partial charge in [-0.25, -0.2) is 4.57 Å². The molecule has 53 heavy (non-hydrogen) atoms. The first kappa shape index (κ1) is 50.7. The minimum Gasteiger partial charge on any atom is -0.462 e. The van der Waals surface area contributed by atoms with Crippen molar-refractivity contribution < 1.29 is 47.8 Å². The van der Waals surface area contributed by atoms with Gasteiger partial charge in [-0.2, -0.15) is 0 Å². The molecule has 0 radical (unpaired) electrons. The molecule has 0 bridgehead atoms. The standard InChI is InChI=1S/C42H73O10P/c1-3-5-7-9-11-13-15-17-19-21-23-25-27-29-31-33-41(45)49-37-40(38-51-53(47,48)50-36-39(44)35-43)52-42(46)34-32-30-28-26-24-22-20-18-16-14-12-10-8-6-4-2/h5,7,9,11,13,15,17-20,39-40,43-44H,3-4,6,8,10,12,14,16,21-38H2,1-2H3,(H,47,48)/b7-5+,11-9+,15-13+,19-17+,20-18+/t39-,40+/m0/s1. The van der Waals surface area contributed by atoms with Crippen LogP contribution in [0.2, 0.25) is 0 Å². The first-order valence-corrected chi connectivity index (χ1v) is 21.8. The molecule has 3 N–H and O–H groups in total. The number of phosphoric acid groups is 1. The molecule has 0 rings (SSSR count). The second-order valence-electron chi connectivity index (χ2n) is 13.4. The van der Waals surface area contributed by atoms with E-state index in [1.54, 1.807) is 0 Å². The van der Waals surface area contributed by atoms with Crippen LogP contribution in [0.3, 0.4) is 0 Å². The van der Waals surface area contributed by atoms with Crippen LogP contribution in [-0.2, 0) is 32.7 Å². The number of ether oxygens (including phenoxy) is 2. The number of esters is 2. The summed E-state index contributed by atoms with van der Waals surface area (Å²) in [4.78, 5) is 34.9. The van der Waals surface area contributed by atoms with Crippen LogP contribution in [0.1, 0.15) is 155 Å². The number of allylic oxidation sites excluding steroid dienone is 10. The second kappa shape index (κ2) is 38.0. The maximum atomic E-state index is 12.6. The van der Waals surface area contributed by atoms with Gasteiger partial charge in [0.1, 0.15) is 12.7 Å². The van der Waals surface area contributed by atoms with Crippen LogP contribution in [0.5, 0.6) is 0 Å². The van der Waals surface area contributed by atoms with E-state index in [4.69, 9.17) is 19.1 Å². The van der Waals surface area contributed by atoms with Crippen LogP contribution in [0.4, 0.5) is 0 Å². The zero-order chi connectivity index (χ0) is 39.1. The summed E-state index contributed by atoms with van der Waals surface area (Å²) in [6.07, 6.45) is 40.4. The third-order valence-corrected chi connectivity index (χ3v) is 9.20. The minimum atomic E-state index is -4.62. The molecule has 0 spiro atoms. The number of carbonyl (C=O) groups is 2. The molecular formula is C42H73O10P. The Labute approximate surface area is 321 Å². The normalized spacial score (nSPS) is 14.6. The fraction of sp³-hybridized carbons (Fsp3) is 0.714. The van der Waals surface area contributed by atoms with Crippen molar-refractivity contribution in [1.29, 1.82) is 0 Å². The van der Waals surface area contributed by atoms with Gasteiger partial charge in [0.15, 0.2) is 6.10 Å². The van der Waals surface area contributed by atoms with E-state index in [9.17, 15) is 24.2 Å². The van der Waals surface area contributed by atoms with Gasteiger partial charge in [-0.15, -0.1) is 0 Å². The molecule has 0 saturated heterocycles. The molecule has 0 aliphatic carbocycles. The first-order valence-electron chi connectivity index (χ1n) is 20.3. The molecule has 0 heterocycles. The summed E-state index contributed by atoms with van der Waals surface area (Å²) in [7, 11) is -4.62. The SMILES string of the molecule is CC/C=C/C=C/C=C/C=C/CCCCCCCC(=O)OC[C@H](COP(=O)(O)OC[C@@H](O)CO)OC(=O)CCCCCCC/C=C/CCCCCCCC. The molecule has 1 unspecified atom stereocenters. The van der Waals surface area contributed by atoms with E-state index >= 15 is 0 Å². The number of hydrogen-bond donors (Lipinski definition) is 3. The Hall–Kier alpha value is -2.33. The van der Waals surface area contributed by atoms with Crippen LogP contribution in [0.25, 0.3) is 0 Å². The molecule has 0 aliphatic heterocycles. The molecule has 0 fully saturated rings. The van der Waals surface area contributed by atoms with E-state index in [1.807, 2.05) is 36.5 Å². The minimum absolute atomic E-state index is 0.166. The van der Waals surface area contributed by atoms with Crippen molar-refractivity contribution in [2.24, 2.45) is 0 Å². The molecule has 306 valence electrons. The van der Waals surface area contributed by atoms with Crippen LogP contribution < -0.4 is 0 Å². The van der Waals surface area contributed by atoms with Crippen LogP contribution in [-0.4, -0.2) is 65.7 Å². The van der Waals surface area contributed by atoms with Crippen LogP contribution in [0, 0.1) is 0 Å². The van der Waals surface area contributed by atoms with Crippen molar-refractivity contribution in [2.75, 3.05) is 26.4 Å². The van der Waals surface area contributed by atoms with E-state index in [0.29, 0.717) is 12.8 Å². The number of aliphatic hydroxyl groups excluding tert-OH is 2. The highest BCUT2D eigenvalue weighted by Crippen LogP contribution is 2.43. The van der Waals surface area contributed by atoms with Gasteiger partial charge in [-0.3, -0.25) is 18.6 Å². The fourth-order valence-corrected chi connectivity index (χ4v) is 5.90. The van der Waals surface area contributed by atoms with Crippen molar-refractivity contribution in [3.63, 3.8) is 0 Å². The van der Waals surface area contributed by atoms with Gasteiger partial charge in [0, 0.05) is 12.8 Å². The fourth-order valence-electron chi connectivity index (χ4n) is 5.11. The molecule has 0 amide bonds. The zero-order valence-electron chi connectivity index (χ0n) is 33.0. The summed E-state index contributed by atoms with van der Waals surface area (Å²) in [5, 5.41) is 18.3. The van der Waals surface area contributed by atoms with Gasteiger partial charge in [0.05, 0.1) is 19.8 Å². The van der Waals surface area contributed by atoms with Gasteiger partial charge in [0.2, 0.25) is 0 Å². The number of phosphoric ester groups is 1. The topological polar surface area (TPSA) is 149 Å². The average molecular weight is 769 g/mol. The number of hydrogen-bond acceptors (Lipinski definition) is 9. The highest BCUT2D eigenvalue weighted by Gasteiger charge is 2.27. The Kier molecular flexibility index (Phi) is 36.3. The lowest BCUT2D eigenvalue weighted by Gasteiger charge is -2.20. The summed E-state index contributed by atoms with van der Waals surface area (Å²) in [6.45, 7) is 2.18. The smallest absolute Gasteiger partial charge is 0.462 e. The molecule has 0 aromatic carbocycles. The Morgan fingerprint density at radius 2 is 1.06 bits per heavy atom. The summed E-state index contributed by atoms with van der Waals surface area (Å²) < 4.78 is 32.6. The van der Waals surface area contributed by atoms with Crippen LogP contribution >= 0.6 is 7.82 Å². The van der Waals surface area contributed by atoms with Gasteiger partial charge >= 0.3 is 19.8 Å². The lowest BCUT2D eigenvalue weighted by Crippen LogP contribution is -2.29. The van der Waals surface area contributed by atoms with Gasteiger partial charge in [0.25, 0.3) is 0 Å². The van der Waals surface area contributed by atoms with E-state index in [2.05, 4.69) is 42.7 Å². The maximum Gasteiger partial charge on any atom is 0.472 e. The molecule has 3 atom stereocenters. The molecule has 11 heteroatoms. The van der Waals surface area contributed by atoms with Crippen LogP contribution in [0.15, 0.2) is 60.8 Å². The second-order valence-corrected chi connectivity index (χ2v) is 14.8. The predicted molar refractivity (Wildman–Crippen MR) is 214 cm³/mol. The van der Waals surface area contributed by atoms with E-state index in [1.165, 1.54) is 38.5 Å². The quantitative estimate of drug-likeness (QED) is 0.0183. The van der Waals surface area contributed by atoms with Crippen molar-refractivity contribution in [3.8, 4) is 0 Å². The highest BCUT2D eigenvalue weighted by atomic mass is 31.2. The highest BCUT2D eigenvalue weighted by molar-refractivity contribution is 7.47. The lowest BCUT2D eigenvalue weighted by atomic mass is 10.1. The summed E-state index contributed by atoms with van der Waals surface area (Å²) in [5.74, 6) is -0.967. The summed E-state index contributed by atoms with van der Waals surface area (Å²) in [5.41, 5.74) is 0. The van der Waals surface area contributed by atoms with Crippen molar-refractivity contribution in [1.82, 2.24) is 0 Å². The Bertz CT molecular complexity index is 1070. The Morgan fingerprint density at radius 3 is 1.62 bits per heavy atom.